The minimum atomic E-state index is -0.292. The molecule has 3 N–H and O–H groups in total. The number of hydrogen-bond donors (Lipinski definition) is 2. The smallest absolute Gasteiger partial charge is 0.161 e. The van der Waals surface area contributed by atoms with Gasteiger partial charge in [-0.1, -0.05) is 0 Å². The molecule has 0 unspecified atom stereocenters. The topological polar surface area (TPSA) is 87.1 Å². The molecule has 0 bridgehead atoms. The highest BCUT2D eigenvalue weighted by atomic mass is 16.3. The van der Waals surface area contributed by atoms with E-state index in [1.54, 1.807) is 0 Å². The van der Waals surface area contributed by atoms with Gasteiger partial charge in [-0.05, 0) is 13.0 Å². The molecule has 0 saturated heterocycles. The van der Waals surface area contributed by atoms with Gasteiger partial charge in [-0.3, -0.25) is 4.79 Å². The summed E-state index contributed by atoms with van der Waals surface area (Å²) in [5, 5.41) is 17.8. The van der Waals surface area contributed by atoms with E-state index in [0.717, 1.165) is 0 Å². The fourth-order valence-corrected chi connectivity index (χ4v) is 1.05. The minimum Gasteiger partial charge on any atom is -0.508 e. The molecule has 1 rings (SSSR count). The molecule has 0 aromatic heterocycles. The number of nitrogens with zero attached hydrogens (tertiary/aromatic N) is 1. The Morgan fingerprint density at radius 1 is 1.62 bits per heavy atom. The van der Waals surface area contributed by atoms with Gasteiger partial charge in [0.05, 0.1) is 11.3 Å². The van der Waals surface area contributed by atoms with Crippen LogP contribution in [-0.4, -0.2) is 10.9 Å². The van der Waals surface area contributed by atoms with Crippen LogP contribution in [0.3, 0.4) is 0 Å². The quantitative estimate of drug-likeness (QED) is 0.494. The predicted molar refractivity (Wildman–Crippen MR) is 47.2 cm³/mol. The van der Waals surface area contributed by atoms with E-state index in [-0.39, 0.29) is 28.3 Å². The fourth-order valence-electron chi connectivity index (χ4n) is 1.05. The first-order chi connectivity index (χ1) is 6.06. The second-order valence-corrected chi connectivity index (χ2v) is 2.63. The van der Waals surface area contributed by atoms with Crippen molar-refractivity contribution in [3.8, 4) is 11.8 Å². The Morgan fingerprint density at radius 3 is 2.69 bits per heavy atom. The molecule has 1 aromatic carbocycles. The highest BCUT2D eigenvalue weighted by molar-refractivity contribution is 5.98. The number of Topliss-reactive ketones (excluding diaryl/α,β-unsaturated/α-hetero) is 1. The Balaban J connectivity index is 3.50. The van der Waals surface area contributed by atoms with E-state index < -0.39 is 0 Å². The Kier molecular flexibility index (Phi) is 2.20. The van der Waals surface area contributed by atoms with E-state index in [0.29, 0.717) is 0 Å². The molecule has 0 radical (unpaired) electrons. The van der Waals surface area contributed by atoms with Crippen molar-refractivity contribution in [2.24, 2.45) is 0 Å². The molecule has 0 spiro atoms. The van der Waals surface area contributed by atoms with Crippen molar-refractivity contribution < 1.29 is 9.90 Å². The number of anilines is 1. The van der Waals surface area contributed by atoms with Gasteiger partial charge >= 0.3 is 0 Å². The number of phenolic OH excluding ortho intramolecular Hbond substituents is 1. The predicted octanol–water partition coefficient (Wildman–Crippen LogP) is 1.05. The van der Waals surface area contributed by atoms with Gasteiger partial charge in [-0.15, -0.1) is 0 Å². The number of phenols is 1. The Hall–Kier alpha value is -2.02. The van der Waals surface area contributed by atoms with Gasteiger partial charge in [0.15, 0.2) is 5.78 Å². The number of ketones is 1. The standard InChI is InChI=1S/C9H8N2O2/c1-5(12)7-2-6(13)3-9(11)8(7)4-10/h2-3,13H,11H2,1H3. The highest BCUT2D eigenvalue weighted by Crippen LogP contribution is 2.23. The number of nitriles is 1. The number of aromatic hydroxyl groups is 1. The summed E-state index contributed by atoms with van der Waals surface area (Å²) < 4.78 is 0. The van der Waals surface area contributed by atoms with Crippen molar-refractivity contribution in [3.63, 3.8) is 0 Å². The van der Waals surface area contributed by atoms with E-state index in [1.165, 1.54) is 19.1 Å². The van der Waals surface area contributed by atoms with E-state index >= 15 is 0 Å². The second-order valence-electron chi connectivity index (χ2n) is 2.63. The Bertz CT molecular complexity index is 405. The van der Waals surface area contributed by atoms with Gasteiger partial charge in [0.1, 0.15) is 11.8 Å². The SMILES string of the molecule is CC(=O)c1cc(O)cc(N)c1C#N. The third kappa shape index (κ3) is 1.59. The second kappa shape index (κ2) is 3.15. The number of benzene rings is 1. The number of nitrogen functional groups attached to an aromatic ring is 1. The maximum absolute atomic E-state index is 11.0. The summed E-state index contributed by atoms with van der Waals surface area (Å²) in [5.74, 6) is -0.402. The molecular formula is C9H8N2O2. The fraction of sp³-hybridized carbons (Fsp3) is 0.111. The molecule has 0 atom stereocenters. The maximum atomic E-state index is 11.0. The van der Waals surface area contributed by atoms with Crippen LogP contribution in [0.1, 0.15) is 22.8 Å². The molecular weight excluding hydrogens is 168 g/mol. The molecule has 0 saturated carbocycles. The molecule has 0 aliphatic carbocycles. The lowest BCUT2D eigenvalue weighted by atomic mass is 10.0. The summed E-state index contributed by atoms with van der Waals surface area (Å²) in [6, 6.07) is 4.29. The third-order valence-electron chi connectivity index (χ3n) is 1.64. The molecule has 0 fully saturated rings. The zero-order valence-electron chi connectivity index (χ0n) is 7.03. The van der Waals surface area contributed by atoms with Crippen LogP contribution in [0.2, 0.25) is 0 Å². The minimum absolute atomic E-state index is 0.110. The van der Waals surface area contributed by atoms with Crippen LogP contribution in [0.5, 0.6) is 5.75 Å². The van der Waals surface area contributed by atoms with Crippen LogP contribution < -0.4 is 5.73 Å². The molecule has 66 valence electrons. The lowest BCUT2D eigenvalue weighted by Crippen LogP contribution is -2.00. The van der Waals surface area contributed by atoms with E-state index in [2.05, 4.69) is 0 Å². The first kappa shape index (κ1) is 9.07. The Labute approximate surface area is 75.2 Å². The average Bonchev–Trinajstić information content (AvgIpc) is 2.02. The molecule has 0 amide bonds. The monoisotopic (exact) mass is 176 g/mol. The number of rotatable bonds is 1. The van der Waals surface area contributed by atoms with E-state index in [4.69, 9.17) is 16.1 Å². The molecule has 0 aliphatic heterocycles. The van der Waals surface area contributed by atoms with Gasteiger partial charge in [0, 0.05) is 11.6 Å². The maximum Gasteiger partial charge on any atom is 0.161 e. The molecule has 0 aliphatic rings. The van der Waals surface area contributed by atoms with Crippen LogP contribution >= 0.6 is 0 Å². The number of nitrogens with two attached hydrogens (primary N) is 1. The lowest BCUT2D eigenvalue weighted by molar-refractivity contribution is 0.101. The van der Waals surface area contributed by atoms with Gasteiger partial charge in [-0.25, -0.2) is 0 Å². The van der Waals surface area contributed by atoms with Crippen LogP contribution in [0.25, 0.3) is 0 Å². The van der Waals surface area contributed by atoms with Crippen LogP contribution in [0.4, 0.5) is 5.69 Å². The molecule has 0 heterocycles. The first-order valence-electron chi connectivity index (χ1n) is 3.59. The number of carbonyl (C=O) groups excluding carboxylic acids is 1. The molecule has 4 nitrogen and oxygen atoms in total. The van der Waals surface area contributed by atoms with E-state index in [1.807, 2.05) is 6.07 Å². The van der Waals surface area contributed by atoms with Gasteiger partial charge in [-0.2, -0.15) is 5.26 Å². The third-order valence-corrected chi connectivity index (χ3v) is 1.64. The average molecular weight is 176 g/mol. The summed E-state index contributed by atoms with van der Waals surface area (Å²) in [6.45, 7) is 1.31. The van der Waals surface area contributed by atoms with Crippen molar-refractivity contribution in [1.29, 1.82) is 5.26 Å². The summed E-state index contributed by atoms with van der Waals surface area (Å²) in [4.78, 5) is 11.0. The molecule has 1 aromatic rings. The molecule has 13 heavy (non-hydrogen) atoms. The van der Waals surface area contributed by atoms with Crippen LogP contribution in [0.15, 0.2) is 12.1 Å². The van der Waals surface area contributed by atoms with Crippen molar-refractivity contribution >= 4 is 11.5 Å². The summed E-state index contributed by atoms with van der Waals surface area (Å²) in [7, 11) is 0. The van der Waals surface area contributed by atoms with Gasteiger partial charge in [0.25, 0.3) is 0 Å². The van der Waals surface area contributed by atoms with Crippen molar-refractivity contribution in [2.75, 3.05) is 5.73 Å². The van der Waals surface area contributed by atoms with Crippen molar-refractivity contribution in [3.05, 3.63) is 23.3 Å². The lowest BCUT2D eigenvalue weighted by Gasteiger charge is -2.03. The van der Waals surface area contributed by atoms with Crippen LogP contribution in [0, 0.1) is 11.3 Å². The summed E-state index contributed by atoms with van der Waals surface area (Å²) in [6.07, 6.45) is 0. The summed E-state index contributed by atoms with van der Waals surface area (Å²) in [5.41, 5.74) is 5.82. The zero-order valence-corrected chi connectivity index (χ0v) is 7.03. The van der Waals surface area contributed by atoms with Gasteiger partial charge in [0.2, 0.25) is 0 Å². The van der Waals surface area contributed by atoms with Gasteiger partial charge < -0.3 is 10.8 Å². The number of carbonyl (C=O) groups is 1. The van der Waals surface area contributed by atoms with E-state index in [9.17, 15) is 4.79 Å². The Morgan fingerprint density at radius 2 is 2.23 bits per heavy atom. The normalized spacial score (nSPS) is 9.23. The highest BCUT2D eigenvalue weighted by Gasteiger charge is 2.11. The van der Waals surface area contributed by atoms with Crippen molar-refractivity contribution in [1.82, 2.24) is 0 Å². The summed E-state index contributed by atoms with van der Waals surface area (Å²) >= 11 is 0. The molecule has 4 heteroatoms. The number of hydrogen-bond acceptors (Lipinski definition) is 4. The largest absolute Gasteiger partial charge is 0.508 e. The zero-order chi connectivity index (χ0) is 10.0. The van der Waals surface area contributed by atoms with Crippen LogP contribution in [-0.2, 0) is 0 Å². The van der Waals surface area contributed by atoms with Crippen molar-refractivity contribution in [2.45, 2.75) is 6.92 Å². The first-order valence-corrected chi connectivity index (χ1v) is 3.59.